The first-order chi connectivity index (χ1) is 16.0. The first-order valence-corrected chi connectivity index (χ1v) is 11.5. The average Bonchev–Trinajstić information content (AvgIpc) is 2.84. The number of piperazine rings is 1. The molecule has 1 aromatic heterocycles. The van der Waals surface area contributed by atoms with Gasteiger partial charge in [-0.3, -0.25) is 5.32 Å². The summed E-state index contributed by atoms with van der Waals surface area (Å²) < 4.78 is 13.5. The van der Waals surface area contributed by atoms with Gasteiger partial charge in [-0.15, -0.1) is 0 Å². The topological polar surface area (TPSA) is 47.5 Å². The van der Waals surface area contributed by atoms with Crippen molar-refractivity contribution >= 4 is 23.4 Å². The fourth-order valence-corrected chi connectivity index (χ4v) is 4.04. The largest absolute Gasteiger partial charge is 0.353 e. The molecular weight excluding hydrogens is 439 g/mol. The molecule has 8 heteroatoms. The zero-order valence-corrected chi connectivity index (χ0v) is 20.1. The first-order valence-electron chi connectivity index (χ1n) is 11.1. The van der Waals surface area contributed by atoms with Crippen LogP contribution in [0.3, 0.4) is 0 Å². The molecule has 0 saturated carbocycles. The second-order valence-electron chi connectivity index (χ2n) is 7.53. The normalized spacial score (nSPS) is 14.8. The maximum absolute atomic E-state index is 13.5. The number of hydrogen-bond donors (Lipinski definition) is 1. The summed E-state index contributed by atoms with van der Waals surface area (Å²) in [7, 11) is 0. The molecule has 1 aromatic carbocycles. The van der Waals surface area contributed by atoms with Crippen LogP contribution in [-0.4, -0.2) is 54.1 Å². The fraction of sp³-hybridized carbons (Fsp3) is 0.360. The van der Waals surface area contributed by atoms with Gasteiger partial charge in [0.25, 0.3) is 0 Å². The van der Waals surface area contributed by atoms with Crippen LogP contribution in [-0.2, 0) is 0 Å². The van der Waals surface area contributed by atoms with E-state index in [9.17, 15) is 4.39 Å². The van der Waals surface area contributed by atoms with Crippen LogP contribution in [0.2, 0.25) is 0 Å². The standard InChI is InChI=1S/C25H30ClFN6/c1-5-9-21(26)24(28-6-2)33-16-14-32(15-17-33)23-18-22(19-10-12-20(27)13-11-19)29-25(30-23)31(7-3)8-4/h2,5,9-13,18,28H,7-8,14-17H2,1,3-4H3/b9-5-,24-21-. The number of rotatable bonds is 8. The van der Waals surface area contributed by atoms with Gasteiger partial charge in [-0.2, -0.15) is 4.98 Å². The molecule has 0 unspecified atom stereocenters. The Kier molecular flexibility index (Phi) is 8.56. The number of benzene rings is 1. The minimum absolute atomic E-state index is 0.269. The molecule has 1 aliphatic rings. The van der Waals surface area contributed by atoms with Gasteiger partial charge in [0, 0.05) is 56.9 Å². The van der Waals surface area contributed by atoms with E-state index < -0.39 is 0 Å². The van der Waals surface area contributed by atoms with Crippen molar-refractivity contribution in [1.29, 1.82) is 0 Å². The highest BCUT2D eigenvalue weighted by molar-refractivity contribution is 6.31. The van der Waals surface area contributed by atoms with E-state index in [1.807, 2.05) is 25.1 Å². The van der Waals surface area contributed by atoms with Crippen LogP contribution in [0.15, 0.2) is 53.3 Å². The molecule has 1 aliphatic heterocycles. The van der Waals surface area contributed by atoms with Crippen molar-refractivity contribution in [2.75, 3.05) is 49.1 Å². The van der Waals surface area contributed by atoms with Crippen molar-refractivity contribution in [2.24, 2.45) is 0 Å². The average molecular weight is 469 g/mol. The van der Waals surface area contributed by atoms with E-state index in [4.69, 9.17) is 28.0 Å². The van der Waals surface area contributed by atoms with E-state index in [0.29, 0.717) is 11.0 Å². The van der Waals surface area contributed by atoms with Crippen molar-refractivity contribution in [3.63, 3.8) is 0 Å². The van der Waals surface area contributed by atoms with Crippen molar-refractivity contribution in [2.45, 2.75) is 20.8 Å². The molecular formula is C25H30ClFN6. The number of aromatic nitrogens is 2. The summed E-state index contributed by atoms with van der Waals surface area (Å²) in [6.45, 7) is 10.6. The van der Waals surface area contributed by atoms with Crippen molar-refractivity contribution in [3.05, 3.63) is 59.2 Å². The predicted molar refractivity (Wildman–Crippen MR) is 134 cm³/mol. The van der Waals surface area contributed by atoms with E-state index >= 15 is 0 Å². The quantitative estimate of drug-likeness (QED) is 0.351. The molecule has 2 aromatic rings. The summed E-state index contributed by atoms with van der Waals surface area (Å²) >= 11 is 6.43. The zero-order valence-electron chi connectivity index (χ0n) is 19.4. The molecule has 0 spiro atoms. The maximum atomic E-state index is 13.5. The van der Waals surface area contributed by atoms with Crippen LogP contribution in [0.25, 0.3) is 11.3 Å². The van der Waals surface area contributed by atoms with Gasteiger partial charge in [-0.05, 0) is 51.1 Å². The Balaban J connectivity index is 1.89. The Morgan fingerprint density at radius 1 is 1.18 bits per heavy atom. The fourth-order valence-electron chi connectivity index (χ4n) is 3.74. The van der Waals surface area contributed by atoms with Crippen LogP contribution < -0.4 is 15.1 Å². The van der Waals surface area contributed by atoms with Gasteiger partial charge < -0.3 is 14.7 Å². The smallest absolute Gasteiger partial charge is 0.227 e. The van der Waals surface area contributed by atoms with E-state index in [1.54, 1.807) is 12.1 Å². The number of halogens is 2. The van der Waals surface area contributed by atoms with E-state index in [0.717, 1.165) is 62.2 Å². The molecule has 0 aliphatic carbocycles. The molecule has 1 fully saturated rings. The Bertz CT molecular complexity index is 1030. The SMILES string of the molecule is C#CN/C(=C(Cl)\C=C/C)N1CCN(c2cc(-c3ccc(F)cc3)nc(N(CC)CC)n2)CC1. The summed E-state index contributed by atoms with van der Waals surface area (Å²) in [6.07, 6.45) is 9.18. The number of terminal acetylenes is 1. The van der Waals surface area contributed by atoms with Crippen LogP contribution in [0, 0.1) is 18.3 Å². The van der Waals surface area contributed by atoms with Gasteiger partial charge in [0.15, 0.2) is 0 Å². The molecule has 33 heavy (non-hydrogen) atoms. The molecule has 0 atom stereocenters. The minimum atomic E-state index is -0.269. The van der Waals surface area contributed by atoms with E-state index in [2.05, 4.69) is 39.9 Å². The molecule has 0 radical (unpaired) electrons. The Morgan fingerprint density at radius 2 is 1.85 bits per heavy atom. The lowest BCUT2D eigenvalue weighted by atomic mass is 10.1. The molecule has 6 nitrogen and oxygen atoms in total. The monoisotopic (exact) mass is 468 g/mol. The third kappa shape index (κ3) is 5.96. The number of nitrogens with one attached hydrogen (secondary N) is 1. The second-order valence-corrected chi connectivity index (χ2v) is 7.94. The summed E-state index contributed by atoms with van der Waals surface area (Å²) in [4.78, 5) is 16.1. The van der Waals surface area contributed by atoms with Crippen LogP contribution >= 0.6 is 11.6 Å². The van der Waals surface area contributed by atoms with Gasteiger partial charge in [0.1, 0.15) is 17.5 Å². The highest BCUT2D eigenvalue weighted by Crippen LogP contribution is 2.27. The Morgan fingerprint density at radius 3 is 2.42 bits per heavy atom. The summed E-state index contributed by atoms with van der Waals surface area (Å²) in [5, 5.41) is 3.51. The van der Waals surface area contributed by atoms with Gasteiger partial charge in [0.2, 0.25) is 5.95 Å². The highest BCUT2D eigenvalue weighted by Gasteiger charge is 2.23. The Hall–Kier alpha value is -3.24. The second kappa shape index (κ2) is 11.6. The number of nitrogens with zero attached hydrogens (tertiary/aromatic N) is 5. The number of anilines is 2. The number of allylic oxidation sites excluding steroid dienone is 3. The van der Waals surface area contributed by atoms with Crippen molar-refractivity contribution in [1.82, 2.24) is 20.2 Å². The Labute approximate surface area is 200 Å². The minimum Gasteiger partial charge on any atom is -0.353 e. The zero-order chi connectivity index (χ0) is 23.8. The molecule has 0 bridgehead atoms. The molecule has 1 N–H and O–H groups in total. The van der Waals surface area contributed by atoms with E-state index in [1.165, 1.54) is 12.1 Å². The molecule has 2 heterocycles. The van der Waals surface area contributed by atoms with Crippen molar-refractivity contribution in [3.8, 4) is 23.7 Å². The van der Waals surface area contributed by atoms with E-state index in [-0.39, 0.29) is 5.82 Å². The van der Waals surface area contributed by atoms with Crippen LogP contribution in [0.1, 0.15) is 20.8 Å². The first kappa shape index (κ1) is 24.4. The maximum Gasteiger partial charge on any atom is 0.227 e. The third-order valence-electron chi connectivity index (χ3n) is 5.54. The summed E-state index contributed by atoms with van der Waals surface area (Å²) in [6, 6.07) is 10.8. The molecule has 174 valence electrons. The number of hydrogen-bond acceptors (Lipinski definition) is 6. The van der Waals surface area contributed by atoms with Gasteiger partial charge >= 0.3 is 0 Å². The molecule has 3 rings (SSSR count). The van der Waals surface area contributed by atoms with Gasteiger partial charge in [-0.25, -0.2) is 9.37 Å². The molecule has 1 saturated heterocycles. The van der Waals surface area contributed by atoms with Crippen molar-refractivity contribution < 1.29 is 4.39 Å². The van der Waals surface area contributed by atoms with Gasteiger partial charge in [-0.1, -0.05) is 24.1 Å². The lowest BCUT2D eigenvalue weighted by Gasteiger charge is -2.38. The lowest BCUT2D eigenvalue weighted by molar-refractivity contribution is 0.307. The lowest BCUT2D eigenvalue weighted by Crippen LogP contribution is -2.48. The summed E-state index contributed by atoms with van der Waals surface area (Å²) in [5.74, 6) is 1.98. The van der Waals surface area contributed by atoms with Crippen LogP contribution in [0.5, 0.6) is 0 Å². The summed E-state index contributed by atoms with van der Waals surface area (Å²) in [5.41, 5.74) is 1.63. The highest BCUT2D eigenvalue weighted by atomic mass is 35.5. The van der Waals surface area contributed by atoms with Crippen LogP contribution in [0.4, 0.5) is 16.2 Å². The van der Waals surface area contributed by atoms with Gasteiger partial charge in [0.05, 0.1) is 10.7 Å². The third-order valence-corrected chi connectivity index (χ3v) is 5.84. The predicted octanol–water partition coefficient (Wildman–Crippen LogP) is 4.42. The molecule has 0 amide bonds.